The average molecular weight is 298 g/mol. The van der Waals surface area contributed by atoms with E-state index < -0.39 is 6.04 Å². The molecule has 22 heavy (non-hydrogen) atoms. The Morgan fingerprint density at radius 2 is 2.18 bits per heavy atom. The highest BCUT2D eigenvalue weighted by molar-refractivity contribution is 5.91. The Kier molecular flexibility index (Phi) is 4.02. The largest absolute Gasteiger partial charge is 0.467 e. The summed E-state index contributed by atoms with van der Waals surface area (Å²) < 4.78 is 10.6. The van der Waals surface area contributed by atoms with Crippen LogP contribution in [-0.2, 0) is 4.79 Å². The van der Waals surface area contributed by atoms with Crippen LogP contribution in [0.25, 0.3) is 17.2 Å². The highest BCUT2D eigenvalue weighted by atomic mass is 16.3. The molecule has 0 aliphatic heterocycles. The van der Waals surface area contributed by atoms with Gasteiger partial charge in [-0.05, 0) is 24.3 Å². The number of carbonyl (C=O) groups excluding carboxylic acids is 1. The number of para-hydroxylation sites is 2. The second-order valence-corrected chi connectivity index (χ2v) is 4.61. The Balaban J connectivity index is 1.68. The molecule has 1 aromatic carbocycles. The quantitative estimate of drug-likeness (QED) is 0.705. The van der Waals surface area contributed by atoms with Gasteiger partial charge in [0.25, 0.3) is 0 Å². The lowest BCUT2D eigenvalue weighted by Gasteiger charge is -2.11. The van der Waals surface area contributed by atoms with E-state index in [2.05, 4.69) is 10.3 Å². The predicted octanol–water partition coefficient (Wildman–Crippen LogP) is 2.28. The average Bonchev–Trinajstić information content (AvgIpc) is 3.19. The van der Waals surface area contributed by atoms with Gasteiger partial charge in [0.05, 0.1) is 12.9 Å². The number of nitrogens with one attached hydrogen (secondary N) is 1. The van der Waals surface area contributed by atoms with Gasteiger partial charge in [-0.15, -0.1) is 0 Å². The maximum atomic E-state index is 11.9. The van der Waals surface area contributed by atoms with Gasteiger partial charge in [0.2, 0.25) is 11.8 Å². The minimum atomic E-state index is -0.587. The van der Waals surface area contributed by atoms with Gasteiger partial charge < -0.3 is 19.3 Å². The lowest BCUT2D eigenvalue weighted by atomic mass is 10.2. The molecule has 6 nitrogen and oxygen atoms in total. The van der Waals surface area contributed by atoms with Crippen LogP contribution >= 0.6 is 0 Å². The zero-order chi connectivity index (χ0) is 15.4. The monoisotopic (exact) mass is 298 g/mol. The van der Waals surface area contributed by atoms with Crippen molar-refractivity contribution in [2.75, 3.05) is 6.61 Å². The van der Waals surface area contributed by atoms with E-state index in [4.69, 9.17) is 8.83 Å². The fourth-order valence-corrected chi connectivity index (χ4v) is 2.02. The second-order valence-electron chi connectivity index (χ2n) is 4.61. The number of fused-ring (bicyclic) bond motifs is 1. The Morgan fingerprint density at radius 3 is 2.91 bits per heavy atom. The molecular weight excluding hydrogens is 284 g/mol. The number of aliphatic hydroxyl groups excluding tert-OH is 1. The zero-order valence-electron chi connectivity index (χ0n) is 11.6. The van der Waals surface area contributed by atoms with Crippen LogP contribution in [-0.4, -0.2) is 22.6 Å². The molecule has 0 spiro atoms. The molecule has 0 aliphatic rings. The van der Waals surface area contributed by atoms with Crippen LogP contribution in [0, 0.1) is 0 Å². The van der Waals surface area contributed by atoms with Crippen molar-refractivity contribution in [2.24, 2.45) is 0 Å². The molecule has 2 aromatic heterocycles. The number of oxazole rings is 1. The summed E-state index contributed by atoms with van der Waals surface area (Å²) in [6, 6.07) is 10.1. The van der Waals surface area contributed by atoms with E-state index in [1.54, 1.807) is 18.2 Å². The van der Waals surface area contributed by atoms with E-state index in [0.717, 1.165) is 5.52 Å². The summed E-state index contributed by atoms with van der Waals surface area (Å²) in [7, 11) is 0. The van der Waals surface area contributed by atoms with E-state index in [1.807, 2.05) is 18.2 Å². The summed E-state index contributed by atoms with van der Waals surface area (Å²) in [5.41, 5.74) is 1.39. The van der Waals surface area contributed by atoms with Crippen LogP contribution in [0.15, 0.2) is 57.6 Å². The van der Waals surface area contributed by atoms with Crippen molar-refractivity contribution in [1.82, 2.24) is 10.3 Å². The van der Waals surface area contributed by atoms with Gasteiger partial charge in [0.1, 0.15) is 17.3 Å². The Hall–Kier alpha value is -2.86. The predicted molar refractivity (Wildman–Crippen MR) is 79.7 cm³/mol. The fraction of sp³-hybridized carbons (Fsp3) is 0.125. The molecule has 0 fully saturated rings. The number of hydrogen-bond donors (Lipinski definition) is 2. The van der Waals surface area contributed by atoms with Gasteiger partial charge in [-0.3, -0.25) is 4.79 Å². The van der Waals surface area contributed by atoms with Crippen LogP contribution in [0.3, 0.4) is 0 Å². The summed E-state index contributed by atoms with van der Waals surface area (Å²) >= 11 is 0. The van der Waals surface area contributed by atoms with Gasteiger partial charge in [0.15, 0.2) is 5.58 Å². The number of aromatic nitrogens is 1. The molecule has 0 radical (unpaired) electrons. The minimum Gasteiger partial charge on any atom is -0.467 e. The van der Waals surface area contributed by atoms with Gasteiger partial charge in [-0.2, -0.15) is 0 Å². The van der Waals surface area contributed by atoms with E-state index >= 15 is 0 Å². The Morgan fingerprint density at radius 1 is 1.32 bits per heavy atom. The van der Waals surface area contributed by atoms with Crippen molar-refractivity contribution in [2.45, 2.75) is 6.04 Å². The molecule has 0 aliphatic carbocycles. The lowest BCUT2D eigenvalue weighted by Crippen LogP contribution is -2.28. The number of hydrogen-bond acceptors (Lipinski definition) is 5. The van der Waals surface area contributed by atoms with Crippen LogP contribution in [0.5, 0.6) is 0 Å². The topological polar surface area (TPSA) is 88.5 Å². The van der Waals surface area contributed by atoms with Crippen LogP contribution in [0.2, 0.25) is 0 Å². The number of aliphatic hydroxyl groups is 1. The zero-order valence-corrected chi connectivity index (χ0v) is 11.6. The first kappa shape index (κ1) is 14.1. The molecule has 1 unspecified atom stereocenters. The number of furan rings is 1. The van der Waals surface area contributed by atoms with Crippen molar-refractivity contribution >= 4 is 23.1 Å². The smallest absolute Gasteiger partial charge is 0.244 e. The number of benzene rings is 1. The van der Waals surface area contributed by atoms with Crippen molar-refractivity contribution in [1.29, 1.82) is 0 Å². The van der Waals surface area contributed by atoms with Crippen molar-refractivity contribution in [3.05, 3.63) is 60.4 Å². The molecule has 3 rings (SSSR count). The number of amides is 1. The number of rotatable bonds is 5. The molecule has 1 atom stereocenters. The van der Waals surface area contributed by atoms with Crippen molar-refractivity contribution in [3.63, 3.8) is 0 Å². The second kappa shape index (κ2) is 6.28. The third kappa shape index (κ3) is 3.07. The van der Waals surface area contributed by atoms with Gasteiger partial charge in [0, 0.05) is 12.2 Å². The fourth-order valence-electron chi connectivity index (χ4n) is 2.02. The normalized spacial score (nSPS) is 12.8. The van der Waals surface area contributed by atoms with E-state index in [1.165, 1.54) is 18.4 Å². The van der Waals surface area contributed by atoms with Gasteiger partial charge in [-0.25, -0.2) is 4.98 Å². The standard InChI is InChI=1S/C16H14N2O4/c19-10-12(13-6-3-9-21-13)17-15(20)7-8-16-18-11-4-1-2-5-14(11)22-16/h1-9,12,19H,10H2,(H,17,20)/b8-7+. The maximum Gasteiger partial charge on any atom is 0.244 e. The summed E-state index contributed by atoms with van der Waals surface area (Å²) in [6.07, 6.45) is 4.26. The molecule has 0 bridgehead atoms. The third-order valence-corrected chi connectivity index (χ3v) is 3.07. The number of carbonyl (C=O) groups is 1. The minimum absolute atomic E-state index is 0.254. The Labute approximate surface area is 126 Å². The van der Waals surface area contributed by atoms with E-state index in [9.17, 15) is 9.90 Å². The molecule has 112 valence electrons. The molecule has 3 aromatic rings. The maximum absolute atomic E-state index is 11.9. The van der Waals surface area contributed by atoms with Gasteiger partial charge in [-0.1, -0.05) is 12.1 Å². The summed E-state index contributed by atoms with van der Waals surface area (Å²) in [5.74, 6) is 0.457. The lowest BCUT2D eigenvalue weighted by molar-refractivity contribution is -0.117. The van der Waals surface area contributed by atoms with Crippen molar-refractivity contribution in [3.8, 4) is 0 Å². The molecule has 6 heteroatoms. The molecule has 0 saturated carbocycles. The molecule has 2 heterocycles. The van der Waals surface area contributed by atoms with Crippen LogP contribution in [0.4, 0.5) is 0 Å². The third-order valence-electron chi connectivity index (χ3n) is 3.07. The van der Waals surface area contributed by atoms with E-state index in [-0.39, 0.29) is 12.5 Å². The first-order valence-corrected chi connectivity index (χ1v) is 6.74. The molecular formula is C16H14N2O4. The van der Waals surface area contributed by atoms with E-state index in [0.29, 0.717) is 17.2 Å². The summed E-state index contributed by atoms with van der Waals surface area (Å²) in [4.78, 5) is 16.1. The van der Waals surface area contributed by atoms with Crippen LogP contribution in [0.1, 0.15) is 17.7 Å². The van der Waals surface area contributed by atoms with Gasteiger partial charge >= 0.3 is 0 Å². The highest BCUT2D eigenvalue weighted by Gasteiger charge is 2.14. The highest BCUT2D eigenvalue weighted by Crippen LogP contribution is 2.16. The number of nitrogens with zero attached hydrogens (tertiary/aromatic N) is 1. The molecule has 0 saturated heterocycles. The Bertz CT molecular complexity index is 756. The van der Waals surface area contributed by atoms with Crippen molar-refractivity contribution < 1.29 is 18.7 Å². The molecule has 2 N–H and O–H groups in total. The first-order chi connectivity index (χ1) is 10.8. The summed E-state index contributed by atoms with van der Waals surface area (Å²) in [6.45, 7) is -0.254. The SMILES string of the molecule is O=C(/C=C/c1nc2ccccc2o1)NC(CO)c1ccco1. The molecule has 1 amide bonds. The van der Waals surface area contributed by atoms with Crippen LogP contribution < -0.4 is 5.32 Å². The first-order valence-electron chi connectivity index (χ1n) is 6.74. The summed E-state index contributed by atoms with van der Waals surface area (Å²) in [5, 5.41) is 11.9.